The molecule has 1 atom stereocenters. The van der Waals surface area contributed by atoms with E-state index in [4.69, 9.17) is 4.42 Å². The first kappa shape index (κ1) is 19.6. The van der Waals surface area contributed by atoms with Crippen molar-refractivity contribution in [2.75, 3.05) is 5.32 Å². The summed E-state index contributed by atoms with van der Waals surface area (Å²) in [6.07, 6.45) is 0. The van der Waals surface area contributed by atoms with Gasteiger partial charge in [-0.2, -0.15) is 0 Å². The Morgan fingerprint density at radius 3 is 2.39 bits per heavy atom. The Hall–Kier alpha value is -3.20. The molecule has 0 spiro atoms. The number of carbonyl (C=O) groups is 1. The van der Waals surface area contributed by atoms with Crippen LogP contribution < -0.4 is 5.32 Å². The number of benzene rings is 2. The van der Waals surface area contributed by atoms with E-state index < -0.39 is 10.2 Å². The molecule has 3 rings (SSSR count). The average molecular weight is 398 g/mol. The van der Waals surface area contributed by atoms with Crippen LogP contribution >= 0.6 is 11.8 Å². The number of amides is 1. The minimum Gasteiger partial charge on any atom is -0.411 e. The largest absolute Gasteiger partial charge is 0.411 e. The standard InChI is InChI=1S/C19H18N4O4S/c1-11-5-4-6-12(2)16(11)20-17(24)13(3)28-19-22-21-18(27-19)14-7-9-15(10-8-14)23(25)26/h4-10,13H,1-3H3,(H,20,24). The van der Waals surface area contributed by atoms with Gasteiger partial charge in [0.15, 0.2) is 0 Å². The summed E-state index contributed by atoms with van der Waals surface area (Å²) >= 11 is 1.15. The van der Waals surface area contributed by atoms with E-state index in [0.717, 1.165) is 28.6 Å². The fraction of sp³-hybridized carbons (Fsp3) is 0.211. The molecule has 0 fully saturated rings. The van der Waals surface area contributed by atoms with Gasteiger partial charge in [0, 0.05) is 23.4 Å². The molecule has 0 bridgehead atoms. The van der Waals surface area contributed by atoms with Crippen LogP contribution in [0.25, 0.3) is 11.5 Å². The molecular formula is C19H18N4O4S. The van der Waals surface area contributed by atoms with E-state index in [0.29, 0.717) is 5.56 Å². The second-order valence-corrected chi connectivity index (χ2v) is 7.49. The van der Waals surface area contributed by atoms with Crippen molar-refractivity contribution in [2.45, 2.75) is 31.2 Å². The highest BCUT2D eigenvalue weighted by Gasteiger charge is 2.20. The van der Waals surface area contributed by atoms with Crippen molar-refractivity contribution in [2.24, 2.45) is 0 Å². The molecule has 0 aliphatic carbocycles. The van der Waals surface area contributed by atoms with Crippen molar-refractivity contribution in [3.05, 3.63) is 63.7 Å². The molecule has 9 heteroatoms. The Kier molecular flexibility index (Phi) is 5.74. The Labute approximate surface area is 165 Å². The number of non-ortho nitro benzene ring substituents is 1. The molecule has 0 radical (unpaired) electrons. The second kappa shape index (κ2) is 8.22. The Morgan fingerprint density at radius 2 is 1.79 bits per heavy atom. The van der Waals surface area contributed by atoms with Crippen LogP contribution in [0.1, 0.15) is 18.1 Å². The maximum Gasteiger partial charge on any atom is 0.277 e. The summed E-state index contributed by atoms with van der Waals surface area (Å²) in [5, 5.41) is 21.4. The molecule has 1 heterocycles. The Morgan fingerprint density at radius 1 is 1.14 bits per heavy atom. The predicted octanol–water partition coefficient (Wildman–Crippen LogP) is 4.38. The highest BCUT2D eigenvalue weighted by Crippen LogP contribution is 2.28. The van der Waals surface area contributed by atoms with Crippen LogP contribution in [0.5, 0.6) is 0 Å². The maximum atomic E-state index is 12.5. The normalized spacial score (nSPS) is 11.8. The van der Waals surface area contributed by atoms with Crippen molar-refractivity contribution < 1.29 is 14.1 Å². The summed E-state index contributed by atoms with van der Waals surface area (Å²) in [6, 6.07) is 11.6. The summed E-state index contributed by atoms with van der Waals surface area (Å²) in [7, 11) is 0. The van der Waals surface area contributed by atoms with Gasteiger partial charge in [-0.3, -0.25) is 14.9 Å². The van der Waals surface area contributed by atoms with E-state index in [1.807, 2.05) is 32.0 Å². The summed E-state index contributed by atoms with van der Waals surface area (Å²) in [4.78, 5) is 22.8. The molecule has 0 aliphatic rings. The fourth-order valence-corrected chi connectivity index (χ4v) is 3.22. The molecule has 1 amide bonds. The summed E-state index contributed by atoms with van der Waals surface area (Å²) in [6.45, 7) is 5.63. The zero-order valence-electron chi connectivity index (χ0n) is 15.5. The number of nitro groups is 1. The molecule has 0 saturated carbocycles. The maximum absolute atomic E-state index is 12.5. The molecule has 0 aliphatic heterocycles. The molecule has 28 heavy (non-hydrogen) atoms. The van der Waals surface area contributed by atoms with Gasteiger partial charge in [-0.05, 0) is 44.0 Å². The third-order valence-electron chi connectivity index (χ3n) is 4.11. The number of hydrogen-bond acceptors (Lipinski definition) is 7. The number of nitro benzene ring substituents is 1. The van der Waals surface area contributed by atoms with Crippen molar-refractivity contribution in [1.82, 2.24) is 10.2 Å². The SMILES string of the molecule is Cc1cccc(C)c1NC(=O)C(C)Sc1nnc(-c2ccc([N+](=O)[O-])cc2)o1. The van der Waals surface area contributed by atoms with Crippen LogP contribution in [0.4, 0.5) is 11.4 Å². The van der Waals surface area contributed by atoms with Crippen molar-refractivity contribution in [1.29, 1.82) is 0 Å². The van der Waals surface area contributed by atoms with Gasteiger partial charge in [0.05, 0.1) is 10.2 Å². The lowest BCUT2D eigenvalue weighted by Crippen LogP contribution is -2.23. The number of rotatable bonds is 6. The molecule has 1 N–H and O–H groups in total. The lowest BCUT2D eigenvalue weighted by molar-refractivity contribution is -0.384. The second-order valence-electron chi connectivity index (χ2n) is 6.19. The zero-order chi connectivity index (χ0) is 20.3. The Balaban J connectivity index is 1.67. The van der Waals surface area contributed by atoms with Crippen LogP contribution in [0.15, 0.2) is 52.1 Å². The number of nitrogens with zero attached hydrogens (tertiary/aromatic N) is 3. The topological polar surface area (TPSA) is 111 Å². The minimum atomic E-state index is -0.477. The highest BCUT2D eigenvalue weighted by atomic mass is 32.2. The van der Waals surface area contributed by atoms with Crippen molar-refractivity contribution in [3.8, 4) is 11.5 Å². The van der Waals surface area contributed by atoms with Gasteiger partial charge in [0.1, 0.15) is 0 Å². The molecule has 144 valence electrons. The lowest BCUT2D eigenvalue weighted by atomic mass is 10.1. The van der Waals surface area contributed by atoms with E-state index in [1.165, 1.54) is 24.3 Å². The molecular weight excluding hydrogens is 380 g/mol. The van der Waals surface area contributed by atoms with Gasteiger partial charge in [-0.1, -0.05) is 30.0 Å². The van der Waals surface area contributed by atoms with E-state index in [2.05, 4.69) is 15.5 Å². The van der Waals surface area contributed by atoms with E-state index in [9.17, 15) is 14.9 Å². The fourth-order valence-electron chi connectivity index (χ4n) is 2.54. The van der Waals surface area contributed by atoms with Gasteiger partial charge < -0.3 is 9.73 Å². The lowest BCUT2D eigenvalue weighted by Gasteiger charge is -2.14. The highest BCUT2D eigenvalue weighted by molar-refractivity contribution is 8.00. The quantitative estimate of drug-likeness (QED) is 0.372. The number of thioether (sulfide) groups is 1. The number of hydrogen-bond donors (Lipinski definition) is 1. The molecule has 0 saturated heterocycles. The van der Waals surface area contributed by atoms with Crippen LogP contribution in [0.2, 0.25) is 0 Å². The first-order chi connectivity index (χ1) is 13.3. The van der Waals surface area contributed by atoms with E-state index in [1.54, 1.807) is 6.92 Å². The molecule has 1 aromatic heterocycles. The van der Waals surface area contributed by atoms with Gasteiger partial charge in [-0.25, -0.2) is 0 Å². The Bertz CT molecular complexity index is 997. The molecule has 8 nitrogen and oxygen atoms in total. The average Bonchev–Trinajstić information content (AvgIpc) is 3.13. The van der Waals surface area contributed by atoms with Gasteiger partial charge >= 0.3 is 0 Å². The van der Waals surface area contributed by atoms with Crippen LogP contribution in [-0.2, 0) is 4.79 Å². The number of para-hydroxylation sites is 1. The predicted molar refractivity (Wildman–Crippen MR) is 106 cm³/mol. The molecule has 3 aromatic rings. The van der Waals surface area contributed by atoms with E-state index in [-0.39, 0.29) is 22.7 Å². The smallest absolute Gasteiger partial charge is 0.277 e. The molecule has 1 unspecified atom stereocenters. The van der Waals surface area contributed by atoms with Gasteiger partial charge in [-0.15, -0.1) is 10.2 Å². The number of nitrogens with one attached hydrogen (secondary N) is 1. The first-order valence-corrected chi connectivity index (χ1v) is 9.35. The van der Waals surface area contributed by atoms with Crippen LogP contribution in [-0.4, -0.2) is 26.3 Å². The minimum absolute atomic E-state index is 0.0188. The zero-order valence-corrected chi connectivity index (χ0v) is 16.3. The van der Waals surface area contributed by atoms with Crippen LogP contribution in [0, 0.1) is 24.0 Å². The number of aromatic nitrogens is 2. The summed E-state index contributed by atoms with van der Waals surface area (Å²) in [5.41, 5.74) is 3.33. The number of anilines is 1. The third-order valence-corrected chi connectivity index (χ3v) is 5.04. The van der Waals surface area contributed by atoms with Crippen molar-refractivity contribution >= 4 is 29.0 Å². The monoisotopic (exact) mass is 398 g/mol. The third kappa shape index (κ3) is 4.37. The van der Waals surface area contributed by atoms with Crippen LogP contribution in [0.3, 0.4) is 0 Å². The number of aryl methyl sites for hydroxylation is 2. The number of carbonyl (C=O) groups excluding carboxylic acids is 1. The summed E-state index contributed by atoms with van der Waals surface area (Å²) < 4.78 is 5.58. The first-order valence-electron chi connectivity index (χ1n) is 8.47. The van der Waals surface area contributed by atoms with Gasteiger partial charge in [0.25, 0.3) is 10.9 Å². The molecule has 2 aromatic carbocycles. The van der Waals surface area contributed by atoms with Crippen molar-refractivity contribution in [3.63, 3.8) is 0 Å². The van der Waals surface area contributed by atoms with Gasteiger partial charge in [0.2, 0.25) is 11.8 Å². The van der Waals surface area contributed by atoms with E-state index >= 15 is 0 Å². The summed E-state index contributed by atoms with van der Waals surface area (Å²) in [5.74, 6) is 0.0669.